The Kier molecular flexibility index (Phi) is 4.79. The number of methoxy groups -OCH3 is 1. The van der Waals surface area contributed by atoms with Crippen molar-refractivity contribution in [1.82, 2.24) is 4.98 Å². The number of carbonyl (C=O) groups is 3. The lowest BCUT2D eigenvalue weighted by Crippen LogP contribution is -2.30. The first-order valence-corrected chi connectivity index (χ1v) is 9.77. The van der Waals surface area contributed by atoms with E-state index >= 15 is 0 Å². The SMILES string of the molecule is COc1ccc(C(=O)C2C(=O)C(=O)N(c3nc(C)c(C)s3)C2c2ccco2)cc1. The lowest BCUT2D eigenvalue weighted by atomic mass is 9.89. The Morgan fingerprint density at radius 1 is 1.17 bits per heavy atom. The molecule has 0 saturated carbocycles. The summed E-state index contributed by atoms with van der Waals surface area (Å²) < 4.78 is 10.6. The van der Waals surface area contributed by atoms with E-state index in [2.05, 4.69) is 4.98 Å². The van der Waals surface area contributed by atoms with Gasteiger partial charge in [0, 0.05) is 10.4 Å². The minimum atomic E-state index is -1.22. The first kappa shape index (κ1) is 19.1. The highest BCUT2D eigenvalue weighted by atomic mass is 32.1. The second-order valence-corrected chi connectivity index (χ2v) is 7.89. The predicted octanol–water partition coefficient (Wildman–Crippen LogP) is 3.52. The summed E-state index contributed by atoms with van der Waals surface area (Å²) in [6.45, 7) is 3.72. The zero-order chi connectivity index (χ0) is 20.7. The van der Waals surface area contributed by atoms with Crippen LogP contribution in [0, 0.1) is 19.8 Å². The molecule has 1 fully saturated rings. The van der Waals surface area contributed by atoms with Gasteiger partial charge >= 0.3 is 0 Å². The number of hydrogen-bond acceptors (Lipinski definition) is 7. The third-order valence-corrected chi connectivity index (χ3v) is 6.09. The van der Waals surface area contributed by atoms with Crippen LogP contribution in [0.5, 0.6) is 5.75 Å². The Morgan fingerprint density at radius 3 is 2.45 bits per heavy atom. The van der Waals surface area contributed by atoms with Gasteiger partial charge in [0.25, 0.3) is 5.91 Å². The normalized spacial score (nSPS) is 19.1. The van der Waals surface area contributed by atoms with Crippen LogP contribution in [0.25, 0.3) is 0 Å². The molecule has 0 spiro atoms. The predicted molar refractivity (Wildman–Crippen MR) is 106 cm³/mol. The molecule has 29 heavy (non-hydrogen) atoms. The Labute approximate surface area is 170 Å². The lowest BCUT2D eigenvalue weighted by Gasteiger charge is -2.22. The summed E-state index contributed by atoms with van der Waals surface area (Å²) in [5.74, 6) is -2.23. The van der Waals surface area contributed by atoms with Crippen molar-refractivity contribution in [3.8, 4) is 5.75 Å². The third kappa shape index (κ3) is 3.15. The number of furan rings is 1. The van der Waals surface area contributed by atoms with Crippen molar-refractivity contribution in [2.45, 2.75) is 19.9 Å². The number of hydrogen-bond donors (Lipinski definition) is 0. The number of aromatic nitrogens is 1. The van der Waals surface area contributed by atoms with Crippen molar-refractivity contribution in [3.63, 3.8) is 0 Å². The standard InChI is InChI=1S/C21H18N2O5S/c1-11-12(2)29-21(22-11)23-17(15-5-4-10-28-15)16(19(25)20(23)26)18(24)13-6-8-14(27-3)9-7-13/h4-10,16-17H,1-3H3. The molecule has 2 aromatic heterocycles. The largest absolute Gasteiger partial charge is 0.497 e. The van der Waals surface area contributed by atoms with Gasteiger partial charge in [0.15, 0.2) is 10.9 Å². The molecule has 1 aliphatic rings. The van der Waals surface area contributed by atoms with Crippen LogP contribution in [-0.2, 0) is 9.59 Å². The van der Waals surface area contributed by atoms with Crippen molar-refractivity contribution < 1.29 is 23.5 Å². The van der Waals surface area contributed by atoms with E-state index in [-0.39, 0.29) is 0 Å². The highest BCUT2D eigenvalue weighted by Crippen LogP contribution is 2.43. The Hall–Kier alpha value is -3.26. The fourth-order valence-corrected chi connectivity index (χ4v) is 4.33. The fourth-order valence-electron chi connectivity index (χ4n) is 3.38. The lowest BCUT2D eigenvalue weighted by molar-refractivity contribution is -0.135. The highest BCUT2D eigenvalue weighted by Gasteiger charge is 2.54. The molecule has 1 aliphatic heterocycles. The number of amides is 1. The molecule has 8 heteroatoms. The second kappa shape index (κ2) is 7.29. The molecule has 148 valence electrons. The Morgan fingerprint density at radius 2 is 1.90 bits per heavy atom. The number of ketones is 2. The molecule has 7 nitrogen and oxygen atoms in total. The molecular weight excluding hydrogens is 392 g/mol. The molecule has 0 radical (unpaired) electrons. The monoisotopic (exact) mass is 410 g/mol. The van der Waals surface area contributed by atoms with Gasteiger partial charge in [0.05, 0.1) is 19.1 Å². The number of ether oxygens (including phenoxy) is 1. The van der Waals surface area contributed by atoms with Gasteiger partial charge in [-0.15, -0.1) is 11.3 Å². The number of aryl methyl sites for hydroxylation is 2. The molecule has 0 aliphatic carbocycles. The molecule has 0 N–H and O–H groups in total. The summed E-state index contributed by atoms with van der Waals surface area (Å²) in [4.78, 5) is 45.7. The van der Waals surface area contributed by atoms with E-state index in [1.165, 1.54) is 29.6 Å². The average Bonchev–Trinajstić information content (AvgIpc) is 3.42. The summed E-state index contributed by atoms with van der Waals surface area (Å²) in [6.07, 6.45) is 1.45. The number of anilines is 1. The second-order valence-electron chi connectivity index (χ2n) is 6.71. The van der Waals surface area contributed by atoms with E-state index in [1.54, 1.807) is 36.4 Å². The van der Waals surface area contributed by atoms with Crippen LogP contribution in [0.1, 0.15) is 32.7 Å². The summed E-state index contributed by atoms with van der Waals surface area (Å²) in [5, 5.41) is 0.379. The van der Waals surface area contributed by atoms with Crippen molar-refractivity contribution in [3.05, 3.63) is 64.6 Å². The third-order valence-electron chi connectivity index (χ3n) is 5.02. The summed E-state index contributed by atoms with van der Waals surface area (Å²) in [6, 6.07) is 8.88. The van der Waals surface area contributed by atoms with Gasteiger partial charge in [-0.25, -0.2) is 4.98 Å². The average molecular weight is 410 g/mol. The number of benzene rings is 1. The van der Waals surface area contributed by atoms with Gasteiger partial charge < -0.3 is 9.15 Å². The number of thiazole rings is 1. The summed E-state index contributed by atoms with van der Waals surface area (Å²) in [7, 11) is 1.53. The maximum atomic E-state index is 13.3. The van der Waals surface area contributed by atoms with Crippen LogP contribution in [0.15, 0.2) is 47.1 Å². The van der Waals surface area contributed by atoms with E-state index in [9.17, 15) is 14.4 Å². The maximum absolute atomic E-state index is 13.3. The molecule has 1 saturated heterocycles. The van der Waals surface area contributed by atoms with Crippen molar-refractivity contribution in [1.29, 1.82) is 0 Å². The molecule has 0 bridgehead atoms. The van der Waals surface area contributed by atoms with E-state index in [0.717, 1.165) is 10.6 Å². The maximum Gasteiger partial charge on any atom is 0.297 e. The Balaban J connectivity index is 1.80. The topological polar surface area (TPSA) is 89.7 Å². The van der Waals surface area contributed by atoms with E-state index < -0.39 is 29.4 Å². The van der Waals surface area contributed by atoms with Crippen LogP contribution in [0.2, 0.25) is 0 Å². The van der Waals surface area contributed by atoms with Crippen LogP contribution in [-0.4, -0.2) is 29.6 Å². The quantitative estimate of drug-likeness (QED) is 0.363. The molecule has 4 rings (SSSR count). The van der Waals surface area contributed by atoms with Crippen LogP contribution in [0.4, 0.5) is 5.13 Å². The Bertz CT molecular complexity index is 1070. The zero-order valence-electron chi connectivity index (χ0n) is 16.0. The highest BCUT2D eigenvalue weighted by molar-refractivity contribution is 7.16. The van der Waals surface area contributed by atoms with Gasteiger partial charge in [0.2, 0.25) is 5.78 Å². The fraction of sp³-hybridized carbons (Fsp3) is 0.238. The van der Waals surface area contributed by atoms with Crippen LogP contribution in [0.3, 0.4) is 0 Å². The van der Waals surface area contributed by atoms with Gasteiger partial charge in [-0.1, -0.05) is 0 Å². The summed E-state index contributed by atoms with van der Waals surface area (Å²) >= 11 is 1.31. The number of nitrogens with zero attached hydrogens (tertiary/aromatic N) is 2. The van der Waals surface area contributed by atoms with Gasteiger partial charge in [-0.2, -0.15) is 0 Å². The van der Waals surface area contributed by atoms with Crippen molar-refractivity contribution >= 4 is 33.9 Å². The van der Waals surface area contributed by atoms with Gasteiger partial charge in [-0.05, 0) is 50.2 Å². The first-order valence-electron chi connectivity index (χ1n) is 8.95. The molecule has 3 aromatic rings. The minimum absolute atomic E-state index is 0.321. The molecule has 3 heterocycles. The van der Waals surface area contributed by atoms with Crippen LogP contribution < -0.4 is 9.64 Å². The van der Waals surface area contributed by atoms with Gasteiger partial charge in [0.1, 0.15) is 23.5 Å². The molecular formula is C21H18N2O5S. The zero-order valence-corrected chi connectivity index (χ0v) is 16.9. The minimum Gasteiger partial charge on any atom is -0.497 e. The number of Topliss-reactive ketones (excluding diaryl/α,β-unsaturated/α-hetero) is 2. The van der Waals surface area contributed by atoms with Crippen LogP contribution >= 0.6 is 11.3 Å². The van der Waals surface area contributed by atoms with E-state index in [1.807, 2.05) is 13.8 Å². The molecule has 2 atom stereocenters. The van der Waals surface area contributed by atoms with Crippen molar-refractivity contribution in [2.75, 3.05) is 12.0 Å². The molecule has 2 unspecified atom stereocenters. The van der Waals surface area contributed by atoms with Gasteiger partial charge in [-0.3, -0.25) is 19.3 Å². The first-order chi connectivity index (χ1) is 13.9. The van der Waals surface area contributed by atoms with Crippen molar-refractivity contribution in [2.24, 2.45) is 5.92 Å². The number of rotatable bonds is 5. The molecule has 1 aromatic carbocycles. The number of carbonyl (C=O) groups excluding carboxylic acids is 3. The summed E-state index contributed by atoms with van der Waals surface area (Å²) in [5.41, 5.74) is 1.09. The molecule has 1 amide bonds. The van der Waals surface area contributed by atoms with E-state index in [0.29, 0.717) is 22.2 Å². The van der Waals surface area contributed by atoms with E-state index in [4.69, 9.17) is 9.15 Å². The smallest absolute Gasteiger partial charge is 0.297 e.